The van der Waals surface area contributed by atoms with Crippen LogP contribution in [0.2, 0.25) is 0 Å². The fourth-order valence-electron chi connectivity index (χ4n) is 2.50. The van der Waals surface area contributed by atoms with Crippen molar-refractivity contribution in [1.82, 2.24) is 9.78 Å². The lowest BCUT2D eigenvalue weighted by atomic mass is 10.2. The topological polar surface area (TPSA) is 64.0 Å². The molecule has 1 aliphatic carbocycles. The minimum Gasteiger partial charge on any atom is -0.307 e. The van der Waals surface area contributed by atoms with Crippen molar-refractivity contribution in [2.75, 3.05) is 11.6 Å². The normalized spacial score (nSPS) is 17.0. The molecule has 0 aliphatic heterocycles. The average molecular weight is 317 g/mol. The van der Waals surface area contributed by atoms with Crippen molar-refractivity contribution in [2.45, 2.75) is 30.7 Å². The molecule has 3 rings (SSSR count). The van der Waals surface area contributed by atoms with Crippen molar-refractivity contribution in [1.29, 1.82) is 0 Å². The van der Waals surface area contributed by atoms with E-state index < -0.39 is 10.8 Å². The van der Waals surface area contributed by atoms with E-state index in [-0.39, 0.29) is 5.91 Å². The summed E-state index contributed by atoms with van der Waals surface area (Å²) in [6.07, 6.45) is 5.78. The molecule has 2 aromatic rings. The number of anilines is 1. The lowest BCUT2D eigenvalue weighted by Crippen LogP contribution is -2.18. The van der Waals surface area contributed by atoms with Crippen LogP contribution in [0.5, 0.6) is 0 Å². The van der Waals surface area contributed by atoms with Crippen LogP contribution in [0, 0.1) is 5.92 Å². The van der Waals surface area contributed by atoms with Crippen LogP contribution in [0.1, 0.15) is 36.2 Å². The standard InChI is InChI=1S/C16H19N3O2S/c1-11(12-3-4-12)19-15(9-10-17-19)18-16(20)13-5-7-14(8-6-13)22(2)21/h5-12H,3-4H2,1-2H3,(H,18,20). The Hall–Kier alpha value is -1.95. The van der Waals surface area contributed by atoms with Crippen molar-refractivity contribution < 1.29 is 9.00 Å². The van der Waals surface area contributed by atoms with Gasteiger partial charge in [0.1, 0.15) is 5.82 Å². The monoisotopic (exact) mass is 317 g/mol. The molecule has 1 aromatic heterocycles. The second kappa shape index (κ2) is 6.04. The van der Waals surface area contributed by atoms with Gasteiger partial charge in [-0.25, -0.2) is 4.68 Å². The summed E-state index contributed by atoms with van der Waals surface area (Å²) in [5, 5.41) is 7.23. The summed E-state index contributed by atoms with van der Waals surface area (Å²) in [6.45, 7) is 2.13. The number of carbonyl (C=O) groups is 1. The van der Waals surface area contributed by atoms with Crippen LogP contribution >= 0.6 is 0 Å². The molecule has 2 atom stereocenters. The maximum absolute atomic E-state index is 12.3. The van der Waals surface area contributed by atoms with Gasteiger partial charge in [0.25, 0.3) is 5.91 Å². The molecule has 116 valence electrons. The zero-order chi connectivity index (χ0) is 15.7. The van der Waals surface area contributed by atoms with Gasteiger partial charge in [-0.05, 0) is 49.9 Å². The van der Waals surface area contributed by atoms with Crippen LogP contribution in [0.3, 0.4) is 0 Å². The fourth-order valence-corrected chi connectivity index (χ4v) is 3.02. The number of benzene rings is 1. The Bertz CT molecular complexity index is 704. The third kappa shape index (κ3) is 3.11. The largest absolute Gasteiger partial charge is 0.307 e. The van der Waals surface area contributed by atoms with E-state index in [0.29, 0.717) is 28.2 Å². The van der Waals surface area contributed by atoms with Gasteiger partial charge in [0.15, 0.2) is 0 Å². The van der Waals surface area contributed by atoms with Crippen molar-refractivity contribution >= 4 is 22.5 Å². The molecule has 0 saturated heterocycles. The first-order valence-electron chi connectivity index (χ1n) is 7.34. The Morgan fingerprint density at radius 3 is 2.59 bits per heavy atom. The average Bonchev–Trinajstić information content (AvgIpc) is 3.27. The lowest BCUT2D eigenvalue weighted by Gasteiger charge is -2.15. The zero-order valence-electron chi connectivity index (χ0n) is 12.7. The highest BCUT2D eigenvalue weighted by molar-refractivity contribution is 7.84. The van der Waals surface area contributed by atoms with E-state index in [1.165, 1.54) is 12.8 Å². The summed E-state index contributed by atoms with van der Waals surface area (Å²) in [4.78, 5) is 13.0. The number of aromatic nitrogens is 2. The van der Waals surface area contributed by atoms with Crippen molar-refractivity contribution in [3.8, 4) is 0 Å². The summed E-state index contributed by atoms with van der Waals surface area (Å²) in [6, 6.07) is 8.93. The van der Waals surface area contributed by atoms with Gasteiger partial charge in [-0.1, -0.05) is 0 Å². The van der Waals surface area contributed by atoms with Gasteiger partial charge in [0.2, 0.25) is 0 Å². The van der Waals surface area contributed by atoms with E-state index in [0.717, 1.165) is 0 Å². The Kier molecular flexibility index (Phi) is 4.11. The molecule has 1 N–H and O–H groups in total. The van der Waals surface area contributed by atoms with Crippen LogP contribution in [0.4, 0.5) is 5.82 Å². The lowest BCUT2D eigenvalue weighted by molar-refractivity contribution is 0.102. The molecule has 0 spiro atoms. The van der Waals surface area contributed by atoms with Gasteiger partial charge in [-0.15, -0.1) is 0 Å². The molecule has 1 heterocycles. The molecule has 2 unspecified atom stereocenters. The zero-order valence-corrected chi connectivity index (χ0v) is 13.5. The number of hydrogen-bond acceptors (Lipinski definition) is 3. The molecule has 22 heavy (non-hydrogen) atoms. The Morgan fingerprint density at radius 2 is 2.00 bits per heavy atom. The van der Waals surface area contributed by atoms with Crippen molar-refractivity contribution in [3.63, 3.8) is 0 Å². The Morgan fingerprint density at radius 1 is 1.32 bits per heavy atom. The van der Waals surface area contributed by atoms with Crippen molar-refractivity contribution in [2.24, 2.45) is 5.92 Å². The van der Waals surface area contributed by atoms with Crippen LogP contribution in [0.25, 0.3) is 0 Å². The highest BCUT2D eigenvalue weighted by Crippen LogP contribution is 2.40. The van der Waals surface area contributed by atoms with Gasteiger partial charge in [-0.2, -0.15) is 5.10 Å². The Balaban J connectivity index is 1.74. The van der Waals surface area contributed by atoms with Crippen LogP contribution in [0.15, 0.2) is 41.4 Å². The number of carbonyl (C=O) groups excluding carboxylic acids is 1. The van der Waals surface area contributed by atoms with E-state index >= 15 is 0 Å². The third-order valence-electron chi connectivity index (χ3n) is 4.05. The molecule has 1 aromatic carbocycles. The first kappa shape index (κ1) is 15.0. The summed E-state index contributed by atoms with van der Waals surface area (Å²) in [5.74, 6) is 1.19. The molecule has 6 heteroatoms. The van der Waals surface area contributed by atoms with Gasteiger partial charge in [-0.3, -0.25) is 9.00 Å². The minimum atomic E-state index is -1.04. The number of hydrogen-bond donors (Lipinski definition) is 1. The van der Waals surface area contributed by atoms with Gasteiger partial charge in [0.05, 0.1) is 12.2 Å². The highest BCUT2D eigenvalue weighted by atomic mass is 32.2. The van der Waals surface area contributed by atoms with Crippen LogP contribution in [-0.2, 0) is 10.8 Å². The Labute approximate surface area is 132 Å². The summed E-state index contributed by atoms with van der Waals surface area (Å²) in [5.41, 5.74) is 0.543. The van der Waals surface area contributed by atoms with Gasteiger partial charge in [0, 0.05) is 33.6 Å². The number of nitrogens with zero attached hydrogens (tertiary/aromatic N) is 2. The third-order valence-corrected chi connectivity index (χ3v) is 4.99. The predicted molar refractivity (Wildman–Crippen MR) is 86.4 cm³/mol. The molecule has 1 amide bonds. The van der Waals surface area contributed by atoms with E-state index in [4.69, 9.17) is 0 Å². The first-order valence-corrected chi connectivity index (χ1v) is 8.90. The second-order valence-corrected chi connectivity index (χ2v) is 7.05. The SMILES string of the molecule is CC(C1CC1)n1nccc1NC(=O)c1ccc(S(C)=O)cc1. The van der Waals surface area contributed by atoms with E-state index in [1.807, 2.05) is 10.7 Å². The van der Waals surface area contributed by atoms with Crippen LogP contribution < -0.4 is 5.32 Å². The van der Waals surface area contributed by atoms with E-state index in [1.54, 1.807) is 36.7 Å². The minimum absolute atomic E-state index is 0.182. The molecule has 1 aliphatic rings. The summed E-state index contributed by atoms with van der Waals surface area (Å²) >= 11 is 0. The molecule has 1 saturated carbocycles. The summed E-state index contributed by atoms with van der Waals surface area (Å²) in [7, 11) is -1.04. The maximum Gasteiger partial charge on any atom is 0.256 e. The summed E-state index contributed by atoms with van der Waals surface area (Å²) < 4.78 is 13.3. The number of nitrogens with one attached hydrogen (secondary N) is 1. The van der Waals surface area contributed by atoms with Crippen LogP contribution in [-0.4, -0.2) is 26.2 Å². The smallest absolute Gasteiger partial charge is 0.256 e. The fraction of sp³-hybridized carbons (Fsp3) is 0.375. The van der Waals surface area contributed by atoms with E-state index in [9.17, 15) is 9.00 Å². The number of amides is 1. The molecular weight excluding hydrogens is 298 g/mol. The van der Waals surface area contributed by atoms with Gasteiger partial charge < -0.3 is 5.32 Å². The highest BCUT2D eigenvalue weighted by Gasteiger charge is 2.30. The number of rotatable bonds is 5. The van der Waals surface area contributed by atoms with Gasteiger partial charge >= 0.3 is 0 Å². The van der Waals surface area contributed by atoms with E-state index in [2.05, 4.69) is 17.3 Å². The molecule has 1 fully saturated rings. The predicted octanol–water partition coefficient (Wildman–Crippen LogP) is 2.84. The maximum atomic E-state index is 12.3. The molecule has 5 nitrogen and oxygen atoms in total. The quantitative estimate of drug-likeness (QED) is 0.922. The van der Waals surface area contributed by atoms with Crippen molar-refractivity contribution in [3.05, 3.63) is 42.1 Å². The second-order valence-electron chi connectivity index (χ2n) is 5.67. The first-order chi connectivity index (χ1) is 10.6. The molecular formula is C16H19N3O2S. The molecule has 0 radical (unpaired) electrons. The molecule has 0 bridgehead atoms.